The van der Waals surface area contributed by atoms with Gasteiger partial charge >= 0.3 is 12.3 Å². The van der Waals surface area contributed by atoms with Crippen molar-refractivity contribution in [1.29, 1.82) is 0 Å². The van der Waals surface area contributed by atoms with Gasteiger partial charge in [0.15, 0.2) is 0 Å². The lowest BCUT2D eigenvalue weighted by atomic mass is 9.58. The number of rotatable bonds is 6. The number of aldehydes is 1. The van der Waals surface area contributed by atoms with E-state index in [2.05, 4.69) is 4.74 Å². The first-order valence-corrected chi connectivity index (χ1v) is 11.3. The molecule has 2 unspecified atom stereocenters. The number of anilines is 1. The Morgan fingerprint density at radius 2 is 1.77 bits per heavy atom. The van der Waals surface area contributed by atoms with E-state index in [1.165, 1.54) is 29.2 Å². The van der Waals surface area contributed by atoms with E-state index in [1.54, 1.807) is 0 Å². The molecule has 1 heterocycles. The van der Waals surface area contributed by atoms with Gasteiger partial charge in [0.25, 0.3) is 5.91 Å². The van der Waals surface area contributed by atoms with Crippen LogP contribution < -0.4 is 15.4 Å². The standard InChI is InChI=1S/C23H19Cl2F3N2O5/c24-15-9-14-18(10-16(15)25)30(20(32)11-1-3-12(4-2-11)35-23(26,27)28)17-6-5-13(17)19(14)22(29,7-8-31)21(33)34/h1-4,8-10,13,17,19H,5-7,29H2,(H,33,34)/t13-,17+,19?,22?/m0/s1. The Morgan fingerprint density at radius 3 is 2.29 bits per heavy atom. The van der Waals surface area contributed by atoms with Crippen molar-refractivity contribution in [3.8, 4) is 5.75 Å². The molecule has 1 aliphatic heterocycles. The average molecular weight is 531 g/mol. The van der Waals surface area contributed by atoms with Gasteiger partial charge in [-0.2, -0.15) is 0 Å². The molecule has 2 aliphatic rings. The highest BCUT2D eigenvalue weighted by Gasteiger charge is 2.57. The number of ether oxygens (including phenoxy) is 1. The Hall–Kier alpha value is -2.82. The summed E-state index contributed by atoms with van der Waals surface area (Å²) < 4.78 is 41.3. The van der Waals surface area contributed by atoms with Crippen LogP contribution >= 0.6 is 23.2 Å². The largest absolute Gasteiger partial charge is 0.573 e. The molecule has 1 amide bonds. The molecular formula is C23H19Cl2F3N2O5. The van der Waals surface area contributed by atoms with Crippen molar-refractivity contribution in [3.05, 3.63) is 57.6 Å². The van der Waals surface area contributed by atoms with Crippen LogP contribution in [0.15, 0.2) is 36.4 Å². The van der Waals surface area contributed by atoms with Crippen molar-refractivity contribution in [2.45, 2.75) is 43.1 Å². The minimum atomic E-state index is -4.87. The topological polar surface area (TPSA) is 110 Å². The summed E-state index contributed by atoms with van der Waals surface area (Å²) in [5.41, 5.74) is 5.09. The summed E-state index contributed by atoms with van der Waals surface area (Å²) in [6.07, 6.45) is -3.81. The number of carboxylic acids is 1. The van der Waals surface area contributed by atoms with Crippen LogP contribution in [0.5, 0.6) is 5.75 Å². The third-order valence-corrected chi connectivity index (χ3v) is 7.36. The molecule has 35 heavy (non-hydrogen) atoms. The highest BCUT2D eigenvalue weighted by molar-refractivity contribution is 6.42. The van der Waals surface area contributed by atoms with E-state index in [9.17, 15) is 32.7 Å². The number of hydrogen-bond donors (Lipinski definition) is 2. The Labute approximate surface area is 207 Å². The fraction of sp³-hybridized carbons (Fsp3) is 0.348. The van der Waals surface area contributed by atoms with Crippen molar-refractivity contribution in [3.63, 3.8) is 0 Å². The van der Waals surface area contributed by atoms with E-state index in [1.807, 2.05) is 0 Å². The molecule has 12 heteroatoms. The van der Waals surface area contributed by atoms with Crippen LogP contribution in [0.2, 0.25) is 10.0 Å². The molecule has 186 valence electrons. The number of fused-ring (bicyclic) bond motifs is 2. The van der Waals surface area contributed by atoms with E-state index in [4.69, 9.17) is 28.9 Å². The molecule has 2 aromatic carbocycles. The first-order valence-electron chi connectivity index (χ1n) is 10.5. The van der Waals surface area contributed by atoms with Crippen molar-refractivity contribution >= 4 is 47.1 Å². The van der Waals surface area contributed by atoms with Gasteiger partial charge in [-0.25, -0.2) is 0 Å². The van der Waals surface area contributed by atoms with Crippen molar-refractivity contribution in [1.82, 2.24) is 0 Å². The quantitative estimate of drug-likeness (QED) is 0.519. The lowest BCUT2D eigenvalue weighted by molar-refractivity contribution is -0.274. The maximum Gasteiger partial charge on any atom is 0.573 e. The van der Waals surface area contributed by atoms with Gasteiger partial charge in [0, 0.05) is 29.6 Å². The lowest BCUT2D eigenvalue weighted by Crippen LogP contribution is -2.64. The van der Waals surface area contributed by atoms with Crippen LogP contribution in [0.1, 0.15) is 41.1 Å². The number of nitrogens with zero attached hydrogens (tertiary/aromatic N) is 1. The van der Waals surface area contributed by atoms with Crippen LogP contribution in [0.3, 0.4) is 0 Å². The van der Waals surface area contributed by atoms with Gasteiger partial charge in [0.2, 0.25) is 0 Å². The van der Waals surface area contributed by atoms with Crippen LogP contribution in [-0.4, -0.2) is 41.2 Å². The minimum absolute atomic E-state index is 0.0887. The summed E-state index contributed by atoms with van der Waals surface area (Å²) in [6, 6.07) is 6.89. The van der Waals surface area contributed by atoms with Gasteiger partial charge in [-0.05, 0) is 60.7 Å². The van der Waals surface area contributed by atoms with Crippen molar-refractivity contribution < 1.29 is 37.4 Å². The second kappa shape index (κ2) is 9.00. The number of carbonyl (C=O) groups is 3. The van der Waals surface area contributed by atoms with Gasteiger partial charge in [0.05, 0.1) is 10.0 Å². The summed E-state index contributed by atoms with van der Waals surface area (Å²) >= 11 is 12.5. The lowest BCUT2D eigenvalue weighted by Gasteiger charge is -2.55. The smallest absolute Gasteiger partial charge is 0.480 e. The zero-order valence-corrected chi connectivity index (χ0v) is 19.4. The Bertz CT molecular complexity index is 1190. The summed E-state index contributed by atoms with van der Waals surface area (Å²) in [5, 5.41) is 10.2. The zero-order chi connectivity index (χ0) is 25.7. The molecule has 4 rings (SSSR count). The molecule has 2 aromatic rings. The number of amides is 1. The van der Waals surface area contributed by atoms with Crippen LogP contribution in [0.25, 0.3) is 0 Å². The second-order valence-corrected chi connectivity index (χ2v) is 9.39. The van der Waals surface area contributed by atoms with Crippen molar-refractivity contribution in [2.24, 2.45) is 11.7 Å². The monoisotopic (exact) mass is 530 g/mol. The maximum atomic E-state index is 13.5. The predicted molar refractivity (Wildman–Crippen MR) is 121 cm³/mol. The Balaban J connectivity index is 1.80. The molecule has 7 nitrogen and oxygen atoms in total. The summed E-state index contributed by atoms with van der Waals surface area (Å²) in [5.74, 6) is -3.59. The molecule has 0 aromatic heterocycles. The first kappa shape index (κ1) is 25.3. The highest BCUT2D eigenvalue weighted by atomic mass is 35.5. The van der Waals surface area contributed by atoms with Gasteiger partial charge in [-0.15, -0.1) is 13.2 Å². The van der Waals surface area contributed by atoms with Gasteiger partial charge in [0.1, 0.15) is 17.6 Å². The molecule has 0 spiro atoms. The molecule has 4 atom stereocenters. The second-order valence-electron chi connectivity index (χ2n) is 8.58. The number of aliphatic carboxylic acids is 1. The first-order chi connectivity index (χ1) is 16.4. The summed E-state index contributed by atoms with van der Waals surface area (Å²) in [7, 11) is 0. The maximum absolute atomic E-state index is 13.5. The van der Waals surface area contributed by atoms with Crippen LogP contribution in [0.4, 0.5) is 18.9 Å². The average Bonchev–Trinajstić information content (AvgIpc) is 2.75. The Kier molecular flexibility index (Phi) is 6.50. The number of hydrogen-bond acceptors (Lipinski definition) is 5. The normalized spacial score (nSPS) is 22.8. The Morgan fingerprint density at radius 1 is 1.14 bits per heavy atom. The number of carboxylic acid groups (broad SMARTS) is 1. The van der Waals surface area contributed by atoms with E-state index >= 15 is 0 Å². The number of halogens is 5. The van der Waals surface area contributed by atoms with E-state index in [0.29, 0.717) is 24.7 Å². The fourth-order valence-electron chi connectivity index (χ4n) is 4.98. The fourth-order valence-corrected chi connectivity index (χ4v) is 5.31. The zero-order valence-electron chi connectivity index (χ0n) is 17.9. The molecule has 0 radical (unpaired) electrons. The molecule has 0 saturated heterocycles. The number of nitrogens with two attached hydrogens (primary N) is 1. The van der Waals surface area contributed by atoms with Gasteiger partial charge < -0.3 is 25.3 Å². The highest BCUT2D eigenvalue weighted by Crippen LogP contribution is 2.56. The molecule has 1 saturated carbocycles. The third-order valence-electron chi connectivity index (χ3n) is 6.64. The van der Waals surface area contributed by atoms with Crippen molar-refractivity contribution in [2.75, 3.05) is 4.90 Å². The molecule has 0 bridgehead atoms. The van der Waals surface area contributed by atoms with Gasteiger partial charge in [-0.3, -0.25) is 9.59 Å². The van der Waals surface area contributed by atoms with E-state index < -0.39 is 53.8 Å². The molecule has 1 aliphatic carbocycles. The predicted octanol–water partition coefficient (Wildman–Crippen LogP) is 4.79. The molecular weight excluding hydrogens is 512 g/mol. The third kappa shape index (κ3) is 4.46. The number of alkyl halides is 3. The number of carbonyl (C=O) groups excluding carboxylic acids is 2. The number of benzene rings is 2. The van der Waals surface area contributed by atoms with E-state index in [0.717, 1.165) is 12.1 Å². The van der Waals surface area contributed by atoms with Gasteiger partial charge in [-0.1, -0.05) is 23.2 Å². The molecule has 1 fully saturated rings. The van der Waals surface area contributed by atoms with E-state index in [-0.39, 0.29) is 21.3 Å². The molecule has 3 N–H and O–H groups in total. The summed E-state index contributed by atoms with van der Waals surface area (Å²) in [4.78, 5) is 38.5. The minimum Gasteiger partial charge on any atom is -0.480 e. The van der Waals surface area contributed by atoms with Crippen LogP contribution in [-0.2, 0) is 9.59 Å². The SMILES string of the molecule is NC(CC=O)(C(=O)O)C1c2cc(Cl)c(Cl)cc2N(C(=O)c2ccc(OC(F)(F)F)cc2)[C@@H]2CC[C@H]12. The van der Waals surface area contributed by atoms with Crippen LogP contribution in [0, 0.1) is 5.92 Å². The summed E-state index contributed by atoms with van der Waals surface area (Å²) in [6.45, 7) is 0.